The second-order valence-electron chi connectivity index (χ2n) is 5.73. The molecule has 0 atom stereocenters. The molecule has 3 nitrogen and oxygen atoms in total. The first-order valence-corrected chi connectivity index (χ1v) is 8.99. The predicted molar refractivity (Wildman–Crippen MR) is 93.1 cm³/mol. The lowest BCUT2D eigenvalue weighted by Crippen LogP contribution is -2.55. The number of rotatable bonds is 5. The van der Waals surface area contributed by atoms with Gasteiger partial charge in [-0.05, 0) is 50.2 Å². The molecule has 1 aliphatic rings. The highest BCUT2D eigenvalue weighted by Gasteiger charge is 2.32. The molecule has 0 spiro atoms. The maximum absolute atomic E-state index is 12.6. The first-order valence-electron chi connectivity index (χ1n) is 7.76. The third-order valence-corrected chi connectivity index (χ3v) is 6.13. The molecule has 0 saturated carbocycles. The molecule has 5 heteroatoms. The SMILES string of the molecule is CCC(CC)(NC(=O)c1cc2c(s1)CCCCC2)C(N)=S. The van der Waals surface area contributed by atoms with Crippen molar-refractivity contribution in [3.8, 4) is 0 Å². The van der Waals surface area contributed by atoms with Crippen LogP contribution in [0.3, 0.4) is 0 Å². The molecule has 116 valence electrons. The fourth-order valence-electron chi connectivity index (χ4n) is 2.90. The van der Waals surface area contributed by atoms with E-state index in [1.807, 2.05) is 13.8 Å². The van der Waals surface area contributed by atoms with Gasteiger partial charge in [-0.1, -0.05) is 32.5 Å². The Labute approximate surface area is 136 Å². The summed E-state index contributed by atoms with van der Waals surface area (Å²) >= 11 is 6.80. The summed E-state index contributed by atoms with van der Waals surface area (Å²) in [5.74, 6) is -0.0374. The van der Waals surface area contributed by atoms with Gasteiger partial charge in [0.05, 0.1) is 15.4 Å². The van der Waals surface area contributed by atoms with Crippen molar-refractivity contribution in [1.82, 2.24) is 5.32 Å². The molecule has 0 saturated heterocycles. The van der Waals surface area contributed by atoms with Crippen LogP contribution in [0, 0.1) is 0 Å². The second kappa shape index (κ2) is 6.88. The van der Waals surface area contributed by atoms with E-state index in [4.69, 9.17) is 18.0 Å². The molecule has 0 radical (unpaired) electrons. The van der Waals surface area contributed by atoms with Crippen molar-refractivity contribution in [2.45, 2.75) is 64.3 Å². The molecule has 21 heavy (non-hydrogen) atoms. The van der Waals surface area contributed by atoms with Gasteiger partial charge in [-0.25, -0.2) is 0 Å². The number of carbonyl (C=O) groups excluding carboxylic acids is 1. The highest BCUT2D eigenvalue weighted by Crippen LogP contribution is 2.29. The molecule has 1 heterocycles. The number of fused-ring (bicyclic) bond motifs is 1. The average Bonchev–Trinajstić information content (AvgIpc) is 2.75. The zero-order valence-corrected chi connectivity index (χ0v) is 14.5. The minimum atomic E-state index is -0.562. The Balaban J connectivity index is 2.18. The van der Waals surface area contributed by atoms with Gasteiger partial charge >= 0.3 is 0 Å². The Kier molecular flexibility index (Phi) is 5.38. The van der Waals surface area contributed by atoms with Crippen molar-refractivity contribution in [1.29, 1.82) is 0 Å². The van der Waals surface area contributed by atoms with Crippen LogP contribution >= 0.6 is 23.6 Å². The Morgan fingerprint density at radius 1 is 1.33 bits per heavy atom. The van der Waals surface area contributed by atoms with Crippen LogP contribution in [0.2, 0.25) is 0 Å². The Morgan fingerprint density at radius 3 is 2.62 bits per heavy atom. The van der Waals surface area contributed by atoms with Gasteiger partial charge in [0.25, 0.3) is 5.91 Å². The minimum Gasteiger partial charge on any atom is -0.391 e. The summed E-state index contributed by atoms with van der Waals surface area (Å²) in [6.07, 6.45) is 7.39. The highest BCUT2D eigenvalue weighted by molar-refractivity contribution is 7.80. The maximum Gasteiger partial charge on any atom is 0.262 e. The van der Waals surface area contributed by atoms with Crippen LogP contribution in [-0.2, 0) is 12.8 Å². The van der Waals surface area contributed by atoms with Gasteiger partial charge in [-0.3, -0.25) is 4.79 Å². The lowest BCUT2D eigenvalue weighted by Gasteiger charge is -2.31. The minimum absolute atomic E-state index is 0.0374. The molecule has 0 aliphatic heterocycles. The largest absolute Gasteiger partial charge is 0.391 e. The van der Waals surface area contributed by atoms with E-state index in [2.05, 4.69) is 11.4 Å². The van der Waals surface area contributed by atoms with Gasteiger partial charge in [0, 0.05) is 4.88 Å². The summed E-state index contributed by atoms with van der Waals surface area (Å²) in [6.45, 7) is 4.01. The normalized spacial score (nSPS) is 15.1. The lowest BCUT2D eigenvalue weighted by atomic mass is 9.92. The first kappa shape index (κ1) is 16.4. The van der Waals surface area contributed by atoms with E-state index in [-0.39, 0.29) is 5.91 Å². The molecule has 3 N–H and O–H groups in total. The van der Waals surface area contributed by atoms with Gasteiger partial charge in [-0.15, -0.1) is 11.3 Å². The van der Waals surface area contributed by atoms with Crippen molar-refractivity contribution in [2.75, 3.05) is 0 Å². The Morgan fingerprint density at radius 2 is 2.00 bits per heavy atom. The first-order chi connectivity index (χ1) is 10.0. The summed E-state index contributed by atoms with van der Waals surface area (Å²) in [4.78, 5) is 15.1. The lowest BCUT2D eigenvalue weighted by molar-refractivity contribution is 0.0924. The van der Waals surface area contributed by atoms with Gasteiger partial charge in [0.2, 0.25) is 0 Å². The molecule has 1 aromatic heterocycles. The quantitative estimate of drug-likeness (QED) is 0.643. The number of hydrogen-bond donors (Lipinski definition) is 2. The summed E-state index contributed by atoms with van der Waals surface area (Å²) in [6, 6.07) is 2.07. The third kappa shape index (κ3) is 3.46. The molecule has 2 rings (SSSR count). The van der Waals surface area contributed by atoms with Crippen molar-refractivity contribution in [3.63, 3.8) is 0 Å². The molecular weight excluding hydrogens is 300 g/mol. The van der Waals surface area contributed by atoms with Gasteiger partial charge in [-0.2, -0.15) is 0 Å². The number of aryl methyl sites for hydroxylation is 2. The highest BCUT2D eigenvalue weighted by atomic mass is 32.1. The van der Waals surface area contributed by atoms with Crippen LogP contribution < -0.4 is 11.1 Å². The van der Waals surface area contributed by atoms with E-state index in [1.54, 1.807) is 11.3 Å². The summed E-state index contributed by atoms with van der Waals surface area (Å²) in [5, 5.41) is 3.08. The summed E-state index contributed by atoms with van der Waals surface area (Å²) in [5.41, 5.74) is 6.65. The number of carbonyl (C=O) groups is 1. The molecule has 1 aromatic rings. The number of thiocarbonyl (C=S) groups is 1. The Bertz CT molecular complexity index is 509. The van der Waals surface area contributed by atoms with Gasteiger partial charge < -0.3 is 11.1 Å². The average molecular weight is 325 g/mol. The van der Waals surface area contributed by atoms with Crippen molar-refractivity contribution < 1.29 is 4.79 Å². The maximum atomic E-state index is 12.6. The fourth-order valence-corrected chi connectivity index (χ4v) is 4.38. The monoisotopic (exact) mass is 324 g/mol. The van der Waals surface area contributed by atoms with Gasteiger partial charge in [0.15, 0.2) is 0 Å². The van der Waals surface area contributed by atoms with E-state index >= 15 is 0 Å². The van der Waals surface area contributed by atoms with Crippen LogP contribution in [0.1, 0.15) is 66.1 Å². The summed E-state index contributed by atoms with van der Waals surface area (Å²) < 4.78 is 0. The molecule has 0 fully saturated rings. The third-order valence-electron chi connectivity index (χ3n) is 4.50. The van der Waals surface area contributed by atoms with E-state index in [1.165, 1.54) is 29.7 Å². The molecule has 1 aliphatic carbocycles. The molecule has 0 bridgehead atoms. The zero-order valence-electron chi connectivity index (χ0n) is 12.8. The smallest absolute Gasteiger partial charge is 0.262 e. The second-order valence-corrected chi connectivity index (χ2v) is 7.30. The number of nitrogens with two attached hydrogens (primary N) is 1. The number of amides is 1. The Hall–Kier alpha value is -0.940. The van der Waals surface area contributed by atoms with Crippen molar-refractivity contribution in [3.05, 3.63) is 21.4 Å². The van der Waals surface area contributed by atoms with E-state index < -0.39 is 5.54 Å². The molecule has 0 unspecified atom stereocenters. The van der Waals surface area contributed by atoms with Crippen molar-refractivity contribution >= 4 is 34.5 Å². The van der Waals surface area contributed by atoms with Crippen molar-refractivity contribution in [2.24, 2.45) is 5.73 Å². The number of hydrogen-bond acceptors (Lipinski definition) is 3. The molecule has 0 aromatic carbocycles. The van der Waals surface area contributed by atoms with E-state index in [9.17, 15) is 4.79 Å². The fraction of sp³-hybridized carbons (Fsp3) is 0.625. The standard InChI is InChI=1S/C16H24N2OS2/c1-3-16(4-2,15(17)20)18-14(19)13-10-11-8-6-5-7-9-12(11)21-13/h10H,3-9H2,1-2H3,(H2,17,20)(H,18,19). The van der Waals surface area contributed by atoms with Crippen LogP contribution in [0.5, 0.6) is 0 Å². The topological polar surface area (TPSA) is 55.1 Å². The molecule has 1 amide bonds. The van der Waals surface area contributed by atoms with Crippen LogP contribution in [0.25, 0.3) is 0 Å². The summed E-state index contributed by atoms with van der Waals surface area (Å²) in [7, 11) is 0. The number of nitrogens with one attached hydrogen (secondary N) is 1. The molecular formula is C16H24N2OS2. The predicted octanol–water partition coefficient (Wildman–Crippen LogP) is 3.59. The van der Waals surface area contributed by atoms with E-state index in [0.29, 0.717) is 4.99 Å². The van der Waals surface area contributed by atoms with Crippen LogP contribution in [-0.4, -0.2) is 16.4 Å². The van der Waals surface area contributed by atoms with Gasteiger partial charge in [0.1, 0.15) is 0 Å². The zero-order chi connectivity index (χ0) is 15.5. The van der Waals surface area contributed by atoms with E-state index in [0.717, 1.165) is 30.6 Å². The number of thiophene rings is 1. The van der Waals surface area contributed by atoms with Crippen LogP contribution in [0.4, 0.5) is 0 Å². The van der Waals surface area contributed by atoms with Crippen LogP contribution in [0.15, 0.2) is 6.07 Å².